The average Bonchev–Trinajstić information content (AvgIpc) is 2.52. The second kappa shape index (κ2) is 7.99. The van der Waals surface area contributed by atoms with Gasteiger partial charge in [-0.1, -0.05) is 47.0 Å². The van der Waals surface area contributed by atoms with Crippen LogP contribution in [-0.4, -0.2) is 18.4 Å². The van der Waals surface area contributed by atoms with Gasteiger partial charge in [0.05, 0.1) is 0 Å². The van der Waals surface area contributed by atoms with E-state index in [2.05, 4.69) is 5.32 Å². The van der Waals surface area contributed by atoms with Gasteiger partial charge in [-0.25, -0.2) is 0 Å². The number of rotatable bonds is 5. The summed E-state index contributed by atoms with van der Waals surface area (Å²) in [6, 6.07) is 12.0. The molecule has 0 spiro atoms. The van der Waals surface area contributed by atoms with Gasteiger partial charge in [0.15, 0.2) is 0 Å². The molecule has 120 valence electrons. The molecule has 0 fully saturated rings. The topological polar surface area (TPSA) is 55.4 Å². The van der Waals surface area contributed by atoms with Crippen LogP contribution in [0.2, 0.25) is 10.0 Å². The lowest BCUT2D eigenvalue weighted by Crippen LogP contribution is -2.30. The van der Waals surface area contributed by atoms with Crippen LogP contribution in [0.5, 0.6) is 0 Å². The molecule has 4 nitrogen and oxygen atoms in total. The monoisotopic (exact) mass is 351 g/mol. The number of hydrogen-bond acceptors (Lipinski definition) is 3. The van der Waals surface area contributed by atoms with Crippen LogP contribution in [-0.2, 0) is 16.1 Å². The highest BCUT2D eigenvalue weighted by molar-refractivity contribution is 6.35. The molecule has 0 aliphatic heterocycles. The van der Waals surface area contributed by atoms with Crippen molar-refractivity contribution >= 4 is 35.1 Å². The lowest BCUT2D eigenvalue weighted by molar-refractivity contribution is -0.143. The van der Waals surface area contributed by atoms with E-state index in [-0.39, 0.29) is 19.1 Å². The number of halogens is 2. The molecular weight excluding hydrogens is 337 g/mol. The van der Waals surface area contributed by atoms with Gasteiger partial charge in [-0.2, -0.15) is 0 Å². The number of benzene rings is 2. The minimum Gasteiger partial charge on any atom is -0.459 e. The molecule has 0 saturated carbocycles. The highest BCUT2D eigenvalue weighted by atomic mass is 35.5. The van der Waals surface area contributed by atoms with Crippen LogP contribution in [0, 0.1) is 6.92 Å². The Labute approximate surface area is 144 Å². The van der Waals surface area contributed by atoms with Gasteiger partial charge >= 0.3 is 5.97 Å². The van der Waals surface area contributed by atoms with E-state index in [0.29, 0.717) is 21.2 Å². The van der Waals surface area contributed by atoms with E-state index in [4.69, 9.17) is 27.9 Å². The van der Waals surface area contributed by atoms with Crippen LogP contribution in [0.25, 0.3) is 0 Å². The fourth-order valence-electron chi connectivity index (χ4n) is 1.81. The maximum atomic E-state index is 11.9. The third-order valence-corrected chi connectivity index (χ3v) is 3.70. The summed E-state index contributed by atoms with van der Waals surface area (Å²) in [6.07, 6.45) is 0. The molecule has 0 radical (unpaired) electrons. The van der Waals surface area contributed by atoms with Gasteiger partial charge in [-0.05, 0) is 31.2 Å². The predicted octanol–water partition coefficient (Wildman–Crippen LogP) is 3.78. The van der Waals surface area contributed by atoms with Crippen molar-refractivity contribution in [2.75, 3.05) is 6.54 Å². The quantitative estimate of drug-likeness (QED) is 0.834. The van der Waals surface area contributed by atoms with E-state index in [9.17, 15) is 9.59 Å². The van der Waals surface area contributed by atoms with Crippen molar-refractivity contribution in [2.45, 2.75) is 13.5 Å². The van der Waals surface area contributed by atoms with Crippen molar-refractivity contribution in [1.29, 1.82) is 0 Å². The summed E-state index contributed by atoms with van der Waals surface area (Å²) in [4.78, 5) is 23.5. The van der Waals surface area contributed by atoms with Gasteiger partial charge in [-0.3, -0.25) is 9.59 Å². The summed E-state index contributed by atoms with van der Waals surface area (Å²) in [6.45, 7) is 1.74. The standard InChI is InChI=1S/C17H15Cl2NO3/c1-11-2-4-12(5-3-11)17(22)20-9-16(21)23-10-13-6-7-14(18)8-15(13)19/h2-8H,9-10H2,1H3,(H,20,22). The van der Waals surface area contributed by atoms with Crippen LogP contribution in [0.4, 0.5) is 0 Å². The van der Waals surface area contributed by atoms with Gasteiger partial charge in [0.25, 0.3) is 5.91 Å². The first kappa shape index (κ1) is 17.3. The van der Waals surface area contributed by atoms with Crippen LogP contribution in [0.1, 0.15) is 21.5 Å². The predicted molar refractivity (Wildman–Crippen MR) is 89.8 cm³/mol. The SMILES string of the molecule is Cc1ccc(C(=O)NCC(=O)OCc2ccc(Cl)cc2Cl)cc1. The molecule has 1 amide bonds. The summed E-state index contributed by atoms with van der Waals surface area (Å²) in [5.74, 6) is -0.872. The Morgan fingerprint density at radius 1 is 1.09 bits per heavy atom. The van der Waals surface area contributed by atoms with E-state index in [0.717, 1.165) is 5.56 Å². The Balaban J connectivity index is 1.81. The van der Waals surface area contributed by atoms with Crippen LogP contribution in [0.3, 0.4) is 0 Å². The molecule has 0 aliphatic rings. The fourth-order valence-corrected chi connectivity index (χ4v) is 2.27. The molecule has 1 N–H and O–H groups in total. The lowest BCUT2D eigenvalue weighted by Gasteiger charge is -2.08. The first-order chi connectivity index (χ1) is 11.0. The van der Waals surface area contributed by atoms with Crippen LogP contribution >= 0.6 is 23.2 Å². The number of carbonyl (C=O) groups excluding carboxylic acids is 2. The molecule has 0 saturated heterocycles. The number of esters is 1. The van der Waals surface area contributed by atoms with Crippen molar-refractivity contribution in [2.24, 2.45) is 0 Å². The third kappa shape index (κ3) is 5.27. The number of aryl methyl sites for hydroxylation is 1. The smallest absolute Gasteiger partial charge is 0.325 e. The molecule has 0 aromatic heterocycles. The van der Waals surface area contributed by atoms with E-state index in [1.54, 1.807) is 30.3 Å². The number of hydrogen-bond donors (Lipinski definition) is 1. The zero-order valence-electron chi connectivity index (χ0n) is 12.4. The maximum absolute atomic E-state index is 11.9. The third-order valence-electron chi connectivity index (χ3n) is 3.11. The molecule has 0 aliphatic carbocycles. The second-order valence-corrected chi connectivity index (χ2v) is 5.79. The molecule has 0 atom stereocenters. The number of nitrogens with one attached hydrogen (secondary N) is 1. The molecule has 23 heavy (non-hydrogen) atoms. The molecule has 0 unspecified atom stereocenters. The summed E-state index contributed by atoms with van der Waals surface area (Å²) in [7, 11) is 0. The Morgan fingerprint density at radius 3 is 2.43 bits per heavy atom. The van der Waals surface area contributed by atoms with Gasteiger partial charge < -0.3 is 10.1 Å². The molecule has 2 aromatic rings. The van der Waals surface area contributed by atoms with E-state index < -0.39 is 5.97 Å². The highest BCUT2D eigenvalue weighted by Gasteiger charge is 2.10. The molecule has 2 aromatic carbocycles. The second-order valence-electron chi connectivity index (χ2n) is 4.95. The van der Waals surface area contributed by atoms with Crippen molar-refractivity contribution in [3.8, 4) is 0 Å². The largest absolute Gasteiger partial charge is 0.459 e. The summed E-state index contributed by atoms with van der Waals surface area (Å²) in [5.41, 5.74) is 2.19. The highest BCUT2D eigenvalue weighted by Crippen LogP contribution is 2.21. The average molecular weight is 352 g/mol. The maximum Gasteiger partial charge on any atom is 0.325 e. The Kier molecular flexibility index (Phi) is 6.02. The van der Waals surface area contributed by atoms with Crippen molar-refractivity contribution in [1.82, 2.24) is 5.32 Å². The summed E-state index contributed by atoms with van der Waals surface area (Å²) >= 11 is 11.8. The van der Waals surface area contributed by atoms with E-state index in [1.807, 2.05) is 19.1 Å². The first-order valence-electron chi connectivity index (χ1n) is 6.90. The molecular formula is C17H15Cl2NO3. The Morgan fingerprint density at radius 2 is 1.78 bits per heavy atom. The number of amides is 1. The van der Waals surface area contributed by atoms with Crippen LogP contribution < -0.4 is 5.32 Å². The van der Waals surface area contributed by atoms with Gasteiger partial charge in [0.1, 0.15) is 13.2 Å². The molecule has 2 rings (SSSR count). The van der Waals surface area contributed by atoms with Gasteiger partial charge in [-0.15, -0.1) is 0 Å². The Bertz CT molecular complexity index is 714. The number of carbonyl (C=O) groups is 2. The fraction of sp³-hybridized carbons (Fsp3) is 0.176. The zero-order valence-corrected chi connectivity index (χ0v) is 13.9. The van der Waals surface area contributed by atoms with Gasteiger partial charge in [0.2, 0.25) is 0 Å². The molecule has 0 bridgehead atoms. The minimum atomic E-state index is -0.545. The Hall–Kier alpha value is -2.04. The van der Waals surface area contributed by atoms with E-state index in [1.165, 1.54) is 0 Å². The van der Waals surface area contributed by atoms with Crippen LogP contribution in [0.15, 0.2) is 42.5 Å². The summed E-state index contributed by atoms with van der Waals surface area (Å²) < 4.78 is 5.07. The zero-order chi connectivity index (χ0) is 16.8. The van der Waals surface area contributed by atoms with Gasteiger partial charge in [0, 0.05) is 21.2 Å². The van der Waals surface area contributed by atoms with Crippen molar-refractivity contribution < 1.29 is 14.3 Å². The normalized spacial score (nSPS) is 10.2. The minimum absolute atomic E-state index is 0.0231. The van der Waals surface area contributed by atoms with Crippen molar-refractivity contribution in [3.05, 3.63) is 69.2 Å². The summed E-state index contributed by atoms with van der Waals surface area (Å²) in [5, 5.41) is 3.45. The van der Waals surface area contributed by atoms with Crippen molar-refractivity contribution in [3.63, 3.8) is 0 Å². The molecule has 0 heterocycles. The lowest BCUT2D eigenvalue weighted by atomic mass is 10.1. The first-order valence-corrected chi connectivity index (χ1v) is 7.66. The number of ether oxygens (including phenoxy) is 1. The van der Waals surface area contributed by atoms with E-state index >= 15 is 0 Å². The molecule has 6 heteroatoms.